The van der Waals surface area contributed by atoms with Crippen LogP contribution in [0.25, 0.3) is 11.3 Å². The number of hydrogen-bond acceptors (Lipinski definition) is 11. The molecule has 0 spiro atoms. The summed E-state index contributed by atoms with van der Waals surface area (Å²) in [6.45, 7) is 7.63. The van der Waals surface area contributed by atoms with Crippen molar-refractivity contribution in [1.82, 2.24) is 30.1 Å². The Labute approximate surface area is 331 Å². The maximum Gasteiger partial charge on any atom is 0.410 e. The molecule has 4 heterocycles. The lowest BCUT2D eigenvalue weighted by molar-refractivity contribution is -0.141. The van der Waals surface area contributed by atoms with Crippen molar-refractivity contribution in [3.05, 3.63) is 39.7 Å². The van der Waals surface area contributed by atoms with Gasteiger partial charge in [0.15, 0.2) is 0 Å². The molecule has 1 aromatic carbocycles. The number of nitrogens with one attached hydrogen (secondary N) is 3. The summed E-state index contributed by atoms with van der Waals surface area (Å²) in [7, 11) is -3.89. The number of thiazole rings is 1. The van der Waals surface area contributed by atoms with Crippen molar-refractivity contribution in [1.29, 1.82) is 0 Å². The molecule has 56 heavy (non-hydrogen) atoms. The minimum atomic E-state index is -3.89. The molecule has 1 aromatic heterocycles. The summed E-state index contributed by atoms with van der Waals surface area (Å²) in [6.07, 6.45) is 3.75. The van der Waals surface area contributed by atoms with Gasteiger partial charge < -0.3 is 25.0 Å². The Bertz CT molecular complexity index is 1990. The van der Waals surface area contributed by atoms with E-state index in [1.165, 1.54) is 4.90 Å². The first kappa shape index (κ1) is 40.0. The Balaban J connectivity index is 1.11. The van der Waals surface area contributed by atoms with Crippen LogP contribution in [0.5, 0.6) is 0 Å². The number of hydrogen-bond donors (Lipinski definition) is 3. The molecule has 0 unspecified atom stereocenters. The maximum absolute atomic E-state index is 14.4. The minimum Gasteiger partial charge on any atom is -0.444 e. The van der Waals surface area contributed by atoms with Crippen LogP contribution in [0, 0.1) is 12.8 Å². The molecular formula is C39H52N6O9S2. The van der Waals surface area contributed by atoms with Gasteiger partial charge in [0.1, 0.15) is 29.3 Å². The largest absolute Gasteiger partial charge is 0.444 e. The molecular weight excluding hydrogens is 761 g/mol. The first-order valence-electron chi connectivity index (χ1n) is 19.7. The summed E-state index contributed by atoms with van der Waals surface area (Å²) < 4.78 is 39.4. The lowest BCUT2D eigenvalue weighted by Crippen LogP contribution is -2.58. The molecule has 3 N–H and O–H groups in total. The highest BCUT2D eigenvalue weighted by molar-refractivity contribution is 7.91. The van der Waals surface area contributed by atoms with Gasteiger partial charge in [0.25, 0.3) is 5.91 Å². The number of amides is 5. The van der Waals surface area contributed by atoms with Crippen molar-refractivity contribution in [2.45, 2.75) is 146 Å². The molecule has 7 rings (SSSR count). The highest BCUT2D eigenvalue weighted by Gasteiger charge is 2.62. The Kier molecular flexibility index (Phi) is 11.1. The zero-order valence-corrected chi connectivity index (χ0v) is 34.1. The summed E-state index contributed by atoms with van der Waals surface area (Å²) in [6, 6.07) is 3.79. The predicted molar refractivity (Wildman–Crippen MR) is 206 cm³/mol. The van der Waals surface area contributed by atoms with Crippen LogP contribution in [-0.2, 0) is 47.0 Å². The number of benzene rings is 1. The van der Waals surface area contributed by atoms with Crippen LogP contribution in [0.3, 0.4) is 0 Å². The van der Waals surface area contributed by atoms with Gasteiger partial charge in [0.2, 0.25) is 21.8 Å². The molecule has 2 aromatic rings. The molecule has 0 bridgehead atoms. The summed E-state index contributed by atoms with van der Waals surface area (Å²) in [5.41, 5.74) is 1.51. The number of fused-ring (bicyclic) bond motifs is 3. The zero-order chi connectivity index (χ0) is 40.0. The average molecular weight is 813 g/mol. The number of aromatic nitrogens is 1. The summed E-state index contributed by atoms with van der Waals surface area (Å²) in [5, 5.41) is 7.93. The van der Waals surface area contributed by atoms with Crippen LogP contribution in [0.2, 0.25) is 0 Å². The SMILES string of the molecule is Cc1nc(-c2ccc3c(c2)CN(C(=O)O[C@@H]2C[C@H]4C(=O)N[C@]5(C(=O)NS(=O)(=O)C6CC6)C[C@H]5CCCCCCC[C@H](NC(=O)OC(C)(C)C)C(=O)N4C2)C3)cs1. The third kappa shape index (κ3) is 8.98. The van der Waals surface area contributed by atoms with Gasteiger partial charge in [-0.3, -0.25) is 24.0 Å². The molecule has 2 saturated carbocycles. The van der Waals surface area contributed by atoms with Gasteiger partial charge >= 0.3 is 12.2 Å². The van der Waals surface area contributed by atoms with Crippen molar-refractivity contribution in [2.24, 2.45) is 5.92 Å². The van der Waals surface area contributed by atoms with E-state index in [1.807, 2.05) is 30.5 Å². The molecule has 17 heteroatoms. The number of nitrogens with zero attached hydrogens (tertiary/aromatic N) is 3. The van der Waals surface area contributed by atoms with Crippen molar-refractivity contribution < 1.29 is 41.9 Å². The third-order valence-corrected chi connectivity index (χ3v) is 13.9. The van der Waals surface area contributed by atoms with Crippen LogP contribution in [-0.4, -0.2) is 94.2 Å². The monoisotopic (exact) mass is 812 g/mol. The third-order valence-electron chi connectivity index (χ3n) is 11.3. The molecule has 5 amide bonds. The van der Waals surface area contributed by atoms with Gasteiger partial charge in [-0.2, -0.15) is 0 Å². The summed E-state index contributed by atoms with van der Waals surface area (Å²) in [4.78, 5) is 76.6. The van der Waals surface area contributed by atoms with E-state index in [4.69, 9.17) is 9.47 Å². The van der Waals surface area contributed by atoms with Crippen LogP contribution in [0.4, 0.5) is 9.59 Å². The number of ether oxygens (including phenoxy) is 2. The lowest BCUT2D eigenvalue weighted by Gasteiger charge is -2.30. The van der Waals surface area contributed by atoms with Gasteiger partial charge in [-0.15, -0.1) is 11.3 Å². The molecule has 0 radical (unpaired) electrons. The van der Waals surface area contributed by atoms with Crippen LogP contribution < -0.4 is 15.4 Å². The molecule has 2 saturated heterocycles. The van der Waals surface area contributed by atoms with Gasteiger partial charge in [0, 0.05) is 30.5 Å². The number of rotatable bonds is 6. The molecule has 5 aliphatic rings. The van der Waals surface area contributed by atoms with Gasteiger partial charge in [0.05, 0.1) is 22.5 Å². The van der Waals surface area contributed by atoms with Crippen LogP contribution in [0.15, 0.2) is 23.6 Å². The summed E-state index contributed by atoms with van der Waals surface area (Å²) >= 11 is 1.56. The fraction of sp³-hybridized carbons (Fsp3) is 0.641. The highest BCUT2D eigenvalue weighted by Crippen LogP contribution is 2.48. The Morgan fingerprint density at radius 1 is 1.00 bits per heavy atom. The second-order valence-corrected chi connectivity index (χ2v) is 19.9. The van der Waals surface area contributed by atoms with Crippen molar-refractivity contribution in [2.75, 3.05) is 6.54 Å². The number of carbonyl (C=O) groups is 5. The van der Waals surface area contributed by atoms with E-state index < -0.39 is 74.5 Å². The molecule has 4 fully saturated rings. The highest BCUT2D eigenvalue weighted by atomic mass is 32.2. The fourth-order valence-electron chi connectivity index (χ4n) is 8.10. The summed E-state index contributed by atoms with van der Waals surface area (Å²) in [5.74, 6) is -2.23. The Hall–Kier alpha value is -4.25. The smallest absolute Gasteiger partial charge is 0.410 e. The van der Waals surface area contributed by atoms with E-state index in [2.05, 4.69) is 20.3 Å². The maximum atomic E-state index is 14.4. The number of sulfonamides is 1. The predicted octanol–water partition coefficient (Wildman–Crippen LogP) is 4.66. The van der Waals surface area contributed by atoms with E-state index in [0.29, 0.717) is 45.2 Å². The zero-order valence-electron chi connectivity index (χ0n) is 32.4. The second-order valence-electron chi connectivity index (χ2n) is 16.9. The topological polar surface area (TPSA) is 193 Å². The lowest BCUT2D eigenvalue weighted by atomic mass is 10.0. The second kappa shape index (κ2) is 15.6. The van der Waals surface area contributed by atoms with E-state index >= 15 is 0 Å². The molecule has 3 aliphatic heterocycles. The fourth-order valence-corrected chi connectivity index (χ4v) is 10.1. The van der Waals surface area contributed by atoms with E-state index in [1.54, 1.807) is 37.0 Å². The van der Waals surface area contributed by atoms with Crippen molar-refractivity contribution in [3.63, 3.8) is 0 Å². The van der Waals surface area contributed by atoms with Crippen LogP contribution >= 0.6 is 11.3 Å². The molecule has 5 atom stereocenters. The average Bonchev–Trinajstić information content (AvgIpc) is 3.94. The Morgan fingerprint density at radius 2 is 1.71 bits per heavy atom. The van der Waals surface area contributed by atoms with Gasteiger partial charge in [-0.25, -0.2) is 23.0 Å². The van der Waals surface area contributed by atoms with E-state index in [0.717, 1.165) is 53.1 Å². The Morgan fingerprint density at radius 3 is 2.41 bits per heavy atom. The number of aryl methyl sites for hydroxylation is 1. The number of alkyl carbamates (subject to hydrolysis) is 1. The first-order valence-corrected chi connectivity index (χ1v) is 22.1. The quantitative estimate of drug-likeness (QED) is 0.370. The van der Waals surface area contributed by atoms with Gasteiger partial charge in [-0.05, 0) is 82.9 Å². The normalized spacial score (nSPS) is 27.1. The van der Waals surface area contributed by atoms with Crippen LogP contribution in [0.1, 0.15) is 108 Å². The van der Waals surface area contributed by atoms with E-state index in [-0.39, 0.29) is 25.3 Å². The molecule has 304 valence electrons. The van der Waals surface area contributed by atoms with Crippen molar-refractivity contribution in [3.8, 4) is 11.3 Å². The molecule has 15 nitrogen and oxygen atoms in total. The molecule has 2 aliphatic carbocycles. The first-order chi connectivity index (χ1) is 26.5. The van der Waals surface area contributed by atoms with Crippen molar-refractivity contribution >= 4 is 51.3 Å². The number of carbonyl (C=O) groups excluding carboxylic acids is 5. The minimum absolute atomic E-state index is 0.0562. The standard InChI is InChI=1S/C39H52N6O9S2/c1-23-40-31(22-55-23)24-12-13-25-19-44(20-26(25)16-24)37(50)53-28-17-32-33(46)42-39(35(48)43-56(51,52)29-14-15-29)18-27(39)10-8-6-5-7-9-11-30(34(47)45(32)21-28)41-36(49)54-38(2,3)4/h12-13,16,22,27-30,32H,5-11,14-15,17-21H2,1-4H3,(H,41,49)(H,42,46)(H,43,48)/t27-,28-,30+,32+,39-/m1/s1. The van der Waals surface area contributed by atoms with E-state index in [9.17, 15) is 32.4 Å². The van der Waals surface area contributed by atoms with Gasteiger partial charge in [-0.1, -0.05) is 44.2 Å².